The smallest absolute Gasteiger partial charge is 0.253 e. The Morgan fingerprint density at radius 2 is 2.08 bits per heavy atom. The average molecular weight is 325 g/mol. The molecule has 0 aliphatic carbocycles. The second kappa shape index (κ2) is 6.61. The number of carbonyl (C=O) groups excluding carboxylic acids is 1. The fourth-order valence-corrected chi connectivity index (χ4v) is 2.38. The molecule has 0 radical (unpaired) electrons. The van der Waals surface area contributed by atoms with Crippen LogP contribution in [0, 0.1) is 6.92 Å². The molecule has 1 atom stereocenters. The highest BCUT2D eigenvalue weighted by Crippen LogP contribution is 2.13. The van der Waals surface area contributed by atoms with Crippen LogP contribution < -0.4 is 0 Å². The minimum Gasteiger partial charge on any atom is -0.339 e. The Hall–Kier alpha value is -3.03. The van der Waals surface area contributed by atoms with Crippen LogP contribution >= 0.6 is 0 Å². The van der Waals surface area contributed by atoms with Crippen molar-refractivity contribution >= 4 is 5.91 Å². The molecule has 124 valence electrons. The summed E-state index contributed by atoms with van der Waals surface area (Å²) in [6.45, 7) is 3.94. The van der Waals surface area contributed by atoms with E-state index >= 15 is 0 Å². The summed E-state index contributed by atoms with van der Waals surface area (Å²) in [6.07, 6.45) is 4.28. The van der Waals surface area contributed by atoms with E-state index in [9.17, 15) is 4.79 Å². The molecule has 0 aliphatic heterocycles. The van der Waals surface area contributed by atoms with Crippen molar-refractivity contribution in [3.8, 4) is 5.69 Å². The molecule has 3 aromatic rings. The summed E-state index contributed by atoms with van der Waals surface area (Å²) in [5, 5.41) is 18.1. The Labute approximate surface area is 139 Å². The normalized spacial score (nSPS) is 12.1. The van der Waals surface area contributed by atoms with Gasteiger partial charge in [-0.1, -0.05) is 5.21 Å². The zero-order valence-corrected chi connectivity index (χ0v) is 13.8. The Bertz CT molecular complexity index is 807. The molecule has 2 aromatic heterocycles. The second-order valence-corrected chi connectivity index (χ2v) is 5.81. The Morgan fingerprint density at radius 3 is 2.67 bits per heavy atom. The number of aromatic nitrogens is 6. The lowest BCUT2D eigenvalue weighted by Crippen LogP contribution is -2.36. The van der Waals surface area contributed by atoms with Gasteiger partial charge < -0.3 is 4.90 Å². The maximum atomic E-state index is 12.6. The number of carbonyl (C=O) groups is 1. The first-order valence-electron chi connectivity index (χ1n) is 7.66. The van der Waals surface area contributed by atoms with Crippen molar-refractivity contribution in [3.05, 3.63) is 53.6 Å². The number of amides is 1. The zero-order chi connectivity index (χ0) is 17.1. The van der Waals surface area contributed by atoms with Gasteiger partial charge in [0.05, 0.1) is 11.9 Å². The summed E-state index contributed by atoms with van der Waals surface area (Å²) in [7, 11) is 1.78. The third-order valence-electron chi connectivity index (χ3n) is 3.94. The molecule has 1 N–H and O–H groups in total. The third-order valence-corrected chi connectivity index (χ3v) is 3.94. The standard InChI is InChI=1S/C16H19N7O/c1-11-9-17-23(10-11)14-6-4-13(5-7-14)16(24)22(3)12(2)8-15-18-20-21-19-15/h4-7,9-10,12H,8H2,1-3H3,(H,18,19,20,21). The van der Waals surface area contributed by atoms with E-state index < -0.39 is 0 Å². The minimum absolute atomic E-state index is 0.0384. The Morgan fingerprint density at radius 1 is 1.33 bits per heavy atom. The molecule has 0 fully saturated rings. The molecule has 0 bridgehead atoms. The SMILES string of the molecule is Cc1cnn(-c2ccc(C(=O)N(C)C(C)Cc3nn[nH]n3)cc2)c1. The number of H-pyrrole nitrogens is 1. The van der Waals surface area contributed by atoms with Crippen LogP contribution in [0.25, 0.3) is 5.69 Å². The number of hydrogen-bond acceptors (Lipinski definition) is 5. The Balaban J connectivity index is 1.70. The molecular formula is C16H19N7O. The van der Waals surface area contributed by atoms with Crippen LogP contribution in [-0.4, -0.2) is 54.3 Å². The van der Waals surface area contributed by atoms with Crippen LogP contribution in [-0.2, 0) is 6.42 Å². The molecule has 0 aliphatic rings. The molecular weight excluding hydrogens is 306 g/mol. The second-order valence-electron chi connectivity index (χ2n) is 5.81. The molecule has 0 spiro atoms. The van der Waals surface area contributed by atoms with E-state index in [0.29, 0.717) is 17.8 Å². The van der Waals surface area contributed by atoms with Crippen LogP contribution in [0.5, 0.6) is 0 Å². The fraction of sp³-hybridized carbons (Fsp3) is 0.312. The number of nitrogens with zero attached hydrogens (tertiary/aromatic N) is 6. The van der Waals surface area contributed by atoms with Gasteiger partial charge in [0.15, 0.2) is 5.82 Å². The molecule has 8 heteroatoms. The summed E-state index contributed by atoms with van der Waals surface area (Å²) in [4.78, 5) is 14.3. The number of hydrogen-bond donors (Lipinski definition) is 1. The minimum atomic E-state index is -0.0470. The van der Waals surface area contributed by atoms with E-state index in [0.717, 1.165) is 11.3 Å². The first-order valence-corrected chi connectivity index (χ1v) is 7.66. The number of likely N-dealkylation sites (N-methyl/N-ethyl adjacent to an activating group) is 1. The molecule has 1 unspecified atom stereocenters. The van der Waals surface area contributed by atoms with E-state index in [1.807, 2.05) is 44.3 Å². The number of aryl methyl sites for hydroxylation is 1. The van der Waals surface area contributed by atoms with Crippen LogP contribution in [0.2, 0.25) is 0 Å². The summed E-state index contributed by atoms with van der Waals surface area (Å²) in [5.74, 6) is 0.542. The first-order chi connectivity index (χ1) is 11.5. The topological polar surface area (TPSA) is 92.6 Å². The van der Waals surface area contributed by atoms with Crippen LogP contribution in [0.15, 0.2) is 36.7 Å². The monoisotopic (exact) mass is 325 g/mol. The highest BCUT2D eigenvalue weighted by atomic mass is 16.2. The van der Waals surface area contributed by atoms with Crippen molar-refractivity contribution in [1.29, 1.82) is 0 Å². The van der Waals surface area contributed by atoms with Crippen molar-refractivity contribution in [2.45, 2.75) is 26.3 Å². The maximum Gasteiger partial charge on any atom is 0.253 e. The molecule has 8 nitrogen and oxygen atoms in total. The van der Waals surface area contributed by atoms with E-state index in [1.54, 1.807) is 22.8 Å². The van der Waals surface area contributed by atoms with Gasteiger partial charge in [0.25, 0.3) is 5.91 Å². The van der Waals surface area contributed by atoms with Crippen molar-refractivity contribution in [2.24, 2.45) is 0 Å². The van der Waals surface area contributed by atoms with Gasteiger partial charge in [-0.25, -0.2) is 4.68 Å². The van der Waals surface area contributed by atoms with E-state index in [1.165, 1.54) is 0 Å². The summed E-state index contributed by atoms with van der Waals surface area (Å²) >= 11 is 0. The molecule has 1 amide bonds. The molecule has 0 saturated heterocycles. The lowest BCUT2D eigenvalue weighted by atomic mass is 10.1. The number of nitrogens with one attached hydrogen (secondary N) is 1. The highest BCUT2D eigenvalue weighted by molar-refractivity contribution is 5.94. The van der Waals surface area contributed by atoms with Crippen molar-refractivity contribution < 1.29 is 4.79 Å². The first kappa shape index (κ1) is 15.9. The van der Waals surface area contributed by atoms with Crippen molar-refractivity contribution in [2.75, 3.05) is 7.05 Å². The van der Waals surface area contributed by atoms with Gasteiger partial charge in [-0.2, -0.15) is 10.3 Å². The van der Waals surface area contributed by atoms with E-state index in [2.05, 4.69) is 25.7 Å². The van der Waals surface area contributed by atoms with Crippen LogP contribution in [0.1, 0.15) is 28.7 Å². The fourth-order valence-electron chi connectivity index (χ4n) is 2.38. The summed E-state index contributed by atoms with van der Waals surface area (Å²) < 4.78 is 1.78. The zero-order valence-electron chi connectivity index (χ0n) is 13.8. The molecule has 0 saturated carbocycles. The molecule has 24 heavy (non-hydrogen) atoms. The van der Waals surface area contributed by atoms with Gasteiger partial charge in [0, 0.05) is 31.3 Å². The summed E-state index contributed by atoms with van der Waals surface area (Å²) in [6, 6.07) is 7.36. The van der Waals surface area contributed by atoms with Gasteiger partial charge in [0.2, 0.25) is 0 Å². The average Bonchev–Trinajstić information content (AvgIpc) is 3.25. The molecule has 1 aromatic carbocycles. The number of aromatic amines is 1. The predicted molar refractivity (Wildman–Crippen MR) is 87.7 cm³/mol. The van der Waals surface area contributed by atoms with Crippen LogP contribution in [0.3, 0.4) is 0 Å². The van der Waals surface area contributed by atoms with Crippen molar-refractivity contribution in [3.63, 3.8) is 0 Å². The van der Waals surface area contributed by atoms with Gasteiger partial charge in [0.1, 0.15) is 0 Å². The third kappa shape index (κ3) is 3.32. The molecule has 2 heterocycles. The lowest BCUT2D eigenvalue weighted by Gasteiger charge is -2.24. The number of rotatable bonds is 5. The Kier molecular flexibility index (Phi) is 4.37. The van der Waals surface area contributed by atoms with Crippen LogP contribution in [0.4, 0.5) is 0 Å². The maximum absolute atomic E-state index is 12.6. The number of tetrazole rings is 1. The van der Waals surface area contributed by atoms with Gasteiger partial charge in [-0.05, 0) is 43.7 Å². The molecule has 3 rings (SSSR count). The van der Waals surface area contributed by atoms with E-state index in [4.69, 9.17) is 0 Å². The lowest BCUT2D eigenvalue weighted by molar-refractivity contribution is 0.0742. The van der Waals surface area contributed by atoms with Gasteiger partial charge >= 0.3 is 0 Å². The largest absolute Gasteiger partial charge is 0.339 e. The summed E-state index contributed by atoms with van der Waals surface area (Å²) in [5.41, 5.74) is 2.64. The van der Waals surface area contributed by atoms with Crippen molar-refractivity contribution in [1.82, 2.24) is 35.3 Å². The van der Waals surface area contributed by atoms with Gasteiger partial charge in [-0.3, -0.25) is 4.79 Å². The van der Waals surface area contributed by atoms with Gasteiger partial charge in [-0.15, -0.1) is 10.2 Å². The number of benzene rings is 1. The highest BCUT2D eigenvalue weighted by Gasteiger charge is 2.19. The predicted octanol–water partition coefficient (Wildman–Crippen LogP) is 1.40. The quantitative estimate of drug-likeness (QED) is 0.765. The van der Waals surface area contributed by atoms with E-state index in [-0.39, 0.29) is 11.9 Å².